The molecule has 0 atom stereocenters. The highest BCUT2D eigenvalue weighted by Gasteiger charge is 2.14. The second-order valence-electron chi connectivity index (χ2n) is 6.99. The number of amides is 1. The second kappa shape index (κ2) is 8.78. The molecule has 1 aromatic heterocycles. The van der Waals surface area contributed by atoms with Crippen LogP contribution in [0.2, 0.25) is 0 Å². The Bertz CT molecular complexity index is 1170. The minimum absolute atomic E-state index is 0.0165. The summed E-state index contributed by atoms with van der Waals surface area (Å²) in [5, 5.41) is 2.77. The van der Waals surface area contributed by atoms with Crippen LogP contribution in [0.5, 0.6) is 5.75 Å². The molecule has 0 spiro atoms. The van der Waals surface area contributed by atoms with Gasteiger partial charge in [-0.05, 0) is 43.3 Å². The third-order valence-corrected chi connectivity index (χ3v) is 4.86. The summed E-state index contributed by atoms with van der Waals surface area (Å²) in [6, 6.07) is 21.6. The lowest BCUT2D eigenvalue weighted by Gasteiger charge is -2.12. The SMILES string of the molecule is Cc1ccc(OCCn2c(CNC(=O)c3ccccc3F)nc3ccccc32)cc1. The number of halogens is 1. The van der Waals surface area contributed by atoms with E-state index in [1.54, 1.807) is 12.1 Å². The van der Waals surface area contributed by atoms with Crippen LogP contribution in [0.25, 0.3) is 11.0 Å². The van der Waals surface area contributed by atoms with Gasteiger partial charge in [-0.15, -0.1) is 0 Å². The van der Waals surface area contributed by atoms with Crippen molar-refractivity contribution in [2.24, 2.45) is 0 Å². The second-order valence-corrected chi connectivity index (χ2v) is 6.99. The van der Waals surface area contributed by atoms with E-state index in [4.69, 9.17) is 4.74 Å². The van der Waals surface area contributed by atoms with E-state index in [1.165, 1.54) is 17.7 Å². The first-order chi connectivity index (χ1) is 14.6. The highest BCUT2D eigenvalue weighted by atomic mass is 19.1. The van der Waals surface area contributed by atoms with Gasteiger partial charge in [-0.3, -0.25) is 4.79 Å². The largest absolute Gasteiger partial charge is 0.492 e. The standard InChI is InChI=1S/C24H22FN3O2/c1-17-10-12-18(13-11-17)30-15-14-28-22-9-5-4-8-21(22)27-23(28)16-26-24(29)19-6-2-3-7-20(19)25/h2-13H,14-16H2,1H3,(H,26,29). The van der Waals surface area contributed by atoms with Crippen molar-refractivity contribution in [3.63, 3.8) is 0 Å². The predicted molar refractivity (Wildman–Crippen MR) is 114 cm³/mol. The summed E-state index contributed by atoms with van der Waals surface area (Å²) < 4.78 is 21.7. The van der Waals surface area contributed by atoms with E-state index < -0.39 is 11.7 Å². The first kappa shape index (κ1) is 19.6. The molecule has 0 saturated heterocycles. The first-order valence-electron chi connectivity index (χ1n) is 9.78. The van der Waals surface area contributed by atoms with Crippen molar-refractivity contribution < 1.29 is 13.9 Å². The molecule has 4 aromatic rings. The molecule has 30 heavy (non-hydrogen) atoms. The number of carbonyl (C=O) groups is 1. The number of hydrogen-bond acceptors (Lipinski definition) is 3. The van der Waals surface area contributed by atoms with Crippen LogP contribution in [0.1, 0.15) is 21.7 Å². The molecule has 152 valence electrons. The van der Waals surface area contributed by atoms with E-state index in [2.05, 4.69) is 10.3 Å². The van der Waals surface area contributed by atoms with Crippen LogP contribution in [0.4, 0.5) is 4.39 Å². The number of rotatable bonds is 7. The summed E-state index contributed by atoms with van der Waals surface area (Å²) in [4.78, 5) is 17.0. The first-order valence-corrected chi connectivity index (χ1v) is 9.78. The van der Waals surface area contributed by atoms with Gasteiger partial charge in [0.25, 0.3) is 5.91 Å². The molecule has 0 saturated carbocycles. The number of para-hydroxylation sites is 2. The molecule has 6 heteroatoms. The van der Waals surface area contributed by atoms with Crippen molar-refractivity contribution in [3.05, 3.63) is 95.6 Å². The van der Waals surface area contributed by atoms with Crippen molar-refractivity contribution in [2.75, 3.05) is 6.61 Å². The van der Waals surface area contributed by atoms with Gasteiger partial charge in [-0.1, -0.05) is 42.0 Å². The minimum atomic E-state index is -0.546. The third kappa shape index (κ3) is 4.33. The molecule has 0 aliphatic rings. The molecule has 0 aliphatic carbocycles. The predicted octanol–water partition coefficient (Wildman–Crippen LogP) is 4.49. The van der Waals surface area contributed by atoms with Gasteiger partial charge in [0.2, 0.25) is 0 Å². The number of nitrogens with one attached hydrogen (secondary N) is 1. The Kier molecular flexibility index (Phi) is 5.75. The van der Waals surface area contributed by atoms with Crippen molar-refractivity contribution in [1.29, 1.82) is 0 Å². The molecule has 0 bridgehead atoms. The number of nitrogens with zero attached hydrogens (tertiary/aromatic N) is 2. The summed E-state index contributed by atoms with van der Waals surface area (Å²) in [6.45, 7) is 3.24. The van der Waals surface area contributed by atoms with Gasteiger partial charge < -0.3 is 14.6 Å². The van der Waals surface area contributed by atoms with Crippen LogP contribution in [-0.4, -0.2) is 22.1 Å². The maximum absolute atomic E-state index is 13.9. The highest BCUT2D eigenvalue weighted by molar-refractivity contribution is 5.94. The van der Waals surface area contributed by atoms with Gasteiger partial charge in [-0.2, -0.15) is 0 Å². The average molecular weight is 403 g/mol. The third-order valence-electron chi connectivity index (χ3n) is 4.86. The van der Waals surface area contributed by atoms with E-state index >= 15 is 0 Å². The van der Waals surface area contributed by atoms with E-state index in [-0.39, 0.29) is 12.1 Å². The van der Waals surface area contributed by atoms with Crippen molar-refractivity contribution in [1.82, 2.24) is 14.9 Å². The molecular formula is C24H22FN3O2. The molecule has 0 fully saturated rings. The number of benzene rings is 3. The van der Waals surface area contributed by atoms with Gasteiger partial charge in [0.1, 0.15) is 24.0 Å². The fraction of sp³-hybridized carbons (Fsp3) is 0.167. The van der Waals surface area contributed by atoms with Crippen LogP contribution >= 0.6 is 0 Å². The van der Waals surface area contributed by atoms with Crippen LogP contribution < -0.4 is 10.1 Å². The number of imidazole rings is 1. The molecule has 3 aromatic carbocycles. The van der Waals surface area contributed by atoms with Gasteiger partial charge in [-0.25, -0.2) is 9.37 Å². The van der Waals surface area contributed by atoms with Crippen LogP contribution in [0.3, 0.4) is 0 Å². The zero-order chi connectivity index (χ0) is 20.9. The van der Waals surface area contributed by atoms with Crippen LogP contribution in [-0.2, 0) is 13.1 Å². The van der Waals surface area contributed by atoms with Crippen molar-refractivity contribution in [3.8, 4) is 5.75 Å². The zero-order valence-electron chi connectivity index (χ0n) is 16.6. The molecule has 1 heterocycles. The molecular weight excluding hydrogens is 381 g/mol. The molecule has 5 nitrogen and oxygen atoms in total. The van der Waals surface area contributed by atoms with Crippen LogP contribution in [0.15, 0.2) is 72.8 Å². The maximum Gasteiger partial charge on any atom is 0.254 e. The highest BCUT2D eigenvalue weighted by Crippen LogP contribution is 2.17. The normalized spacial score (nSPS) is 10.9. The number of aromatic nitrogens is 2. The summed E-state index contributed by atoms with van der Waals surface area (Å²) in [6.07, 6.45) is 0. The molecule has 0 radical (unpaired) electrons. The topological polar surface area (TPSA) is 56.1 Å². The average Bonchev–Trinajstić information content (AvgIpc) is 3.11. The number of hydrogen-bond donors (Lipinski definition) is 1. The fourth-order valence-corrected chi connectivity index (χ4v) is 3.30. The number of carbonyl (C=O) groups excluding carboxylic acids is 1. The Hall–Kier alpha value is -3.67. The Morgan fingerprint density at radius 1 is 1.03 bits per heavy atom. The van der Waals surface area contributed by atoms with Gasteiger partial charge >= 0.3 is 0 Å². The smallest absolute Gasteiger partial charge is 0.254 e. The summed E-state index contributed by atoms with van der Waals surface area (Å²) in [7, 11) is 0. The van der Waals surface area contributed by atoms with Gasteiger partial charge in [0.05, 0.1) is 29.7 Å². The number of fused-ring (bicyclic) bond motifs is 1. The van der Waals surface area contributed by atoms with E-state index in [1.807, 2.05) is 60.0 Å². The number of ether oxygens (including phenoxy) is 1. The fourth-order valence-electron chi connectivity index (χ4n) is 3.30. The molecule has 0 aliphatic heterocycles. The minimum Gasteiger partial charge on any atom is -0.492 e. The Morgan fingerprint density at radius 3 is 2.57 bits per heavy atom. The van der Waals surface area contributed by atoms with Gasteiger partial charge in [0.15, 0.2) is 0 Å². The van der Waals surface area contributed by atoms with Crippen molar-refractivity contribution >= 4 is 16.9 Å². The quantitative estimate of drug-likeness (QED) is 0.495. The molecule has 1 N–H and O–H groups in total. The Morgan fingerprint density at radius 2 is 1.77 bits per heavy atom. The monoisotopic (exact) mass is 403 g/mol. The van der Waals surface area contributed by atoms with Gasteiger partial charge in [0, 0.05) is 0 Å². The lowest BCUT2D eigenvalue weighted by Crippen LogP contribution is -2.26. The van der Waals surface area contributed by atoms with Crippen LogP contribution in [0, 0.1) is 12.7 Å². The summed E-state index contributed by atoms with van der Waals surface area (Å²) in [5.41, 5.74) is 2.99. The molecule has 0 unspecified atom stereocenters. The lowest BCUT2D eigenvalue weighted by atomic mass is 10.2. The number of aryl methyl sites for hydroxylation is 1. The van der Waals surface area contributed by atoms with Crippen molar-refractivity contribution in [2.45, 2.75) is 20.0 Å². The Labute approximate surface area is 174 Å². The molecule has 4 rings (SSSR count). The maximum atomic E-state index is 13.9. The van der Waals surface area contributed by atoms with E-state index in [0.717, 1.165) is 16.8 Å². The van der Waals surface area contributed by atoms with E-state index in [9.17, 15) is 9.18 Å². The summed E-state index contributed by atoms with van der Waals surface area (Å²) >= 11 is 0. The molecule has 1 amide bonds. The zero-order valence-corrected chi connectivity index (χ0v) is 16.6. The lowest BCUT2D eigenvalue weighted by molar-refractivity contribution is 0.0945. The summed E-state index contributed by atoms with van der Waals surface area (Å²) in [5.74, 6) is 0.477. The van der Waals surface area contributed by atoms with E-state index in [0.29, 0.717) is 19.0 Å². The Balaban J connectivity index is 1.49.